The Morgan fingerprint density at radius 3 is 1.87 bits per heavy atom. The van der Waals surface area contributed by atoms with Crippen LogP contribution in [0.25, 0.3) is 22.3 Å². The molecule has 112 valence electrons. The fourth-order valence-electron chi connectivity index (χ4n) is 2.87. The van der Waals surface area contributed by atoms with Crippen LogP contribution in [0.2, 0.25) is 0 Å². The van der Waals surface area contributed by atoms with Gasteiger partial charge in [-0.05, 0) is 60.2 Å². The molecule has 3 aromatic rings. The molecule has 3 rings (SSSR count). The molecular formula is C22H19N. The van der Waals surface area contributed by atoms with Gasteiger partial charge in [0.1, 0.15) is 0 Å². The summed E-state index contributed by atoms with van der Waals surface area (Å²) in [5.74, 6) is 0. The average molecular weight is 297 g/mol. The molecule has 0 saturated carbocycles. The Morgan fingerprint density at radius 2 is 1.26 bits per heavy atom. The third kappa shape index (κ3) is 3.03. The summed E-state index contributed by atoms with van der Waals surface area (Å²) >= 11 is 0. The molecule has 0 aromatic heterocycles. The first kappa shape index (κ1) is 15.1. The van der Waals surface area contributed by atoms with Gasteiger partial charge >= 0.3 is 0 Å². The van der Waals surface area contributed by atoms with Crippen molar-refractivity contribution in [3.05, 3.63) is 82.9 Å². The molecule has 1 nitrogen and oxygen atoms in total. The Labute approximate surface area is 137 Å². The lowest BCUT2D eigenvalue weighted by atomic mass is 9.94. The van der Waals surface area contributed by atoms with Crippen LogP contribution in [-0.4, -0.2) is 0 Å². The van der Waals surface area contributed by atoms with Gasteiger partial charge in [-0.1, -0.05) is 60.2 Å². The second-order valence-electron chi connectivity index (χ2n) is 6.04. The van der Waals surface area contributed by atoms with Gasteiger partial charge in [-0.15, -0.1) is 0 Å². The highest BCUT2D eigenvalue weighted by Gasteiger charge is 2.06. The van der Waals surface area contributed by atoms with Crippen LogP contribution in [0.4, 0.5) is 0 Å². The Bertz CT molecular complexity index is 896. The third-order valence-electron chi connectivity index (χ3n) is 4.27. The van der Waals surface area contributed by atoms with Gasteiger partial charge in [-0.3, -0.25) is 0 Å². The molecule has 23 heavy (non-hydrogen) atoms. The first-order valence-electron chi connectivity index (χ1n) is 7.77. The number of benzene rings is 3. The molecule has 0 aliphatic rings. The van der Waals surface area contributed by atoms with E-state index in [9.17, 15) is 0 Å². The van der Waals surface area contributed by atoms with Crippen LogP contribution in [-0.2, 0) is 0 Å². The maximum Gasteiger partial charge on any atom is 0.0994 e. The van der Waals surface area contributed by atoms with Crippen molar-refractivity contribution in [2.75, 3.05) is 0 Å². The van der Waals surface area contributed by atoms with Gasteiger partial charge in [0.2, 0.25) is 0 Å². The minimum atomic E-state index is 0.739. The van der Waals surface area contributed by atoms with Crippen molar-refractivity contribution in [3.8, 4) is 28.3 Å². The van der Waals surface area contributed by atoms with E-state index < -0.39 is 0 Å². The Balaban J connectivity index is 2.01. The summed E-state index contributed by atoms with van der Waals surface area (Å²) in [4.78, 5) is 0. The fraction of sp³-hybridized carbons (Fsp3) is 0.136. The normalized spacial score (nSPS) is 10.3. The molecule has 3 aromatic carbocycles. The van der Waals surface area contributed by atoms with Crippen LogP contribution >= 0.6 is 0 Å². The van der Waals surface area contributed by atoms with Crippen molar-refractivity contribution in [2.45, 2.75) is 20.8 Å². The van der Waals surface area contributed by atoms with Gasteiger partial charge in [0.05, 0.1) is 11.6 Å². The van der Waals surface area contributed by atoms with E-state index in [0.717, 1.165) is 16.7 Å². The van der Waals surface area contributed by atoms with Crippen LogP contribution in [0.1, 0.15) is 22.3 Å². The lowest BCUT2D eigenvalue weighted by Crippen LogP contribution is -1.88. The molecule has 0 amide bonds. The van der Waals surface area contributed by atoms with Crippen LogP contribution in [0.3, 0.4) is 0 Å². The van der Waals surface area contributed by atoms with Gasteiger partial charge in [0.25, 0.3) is 0 Å². The van der Waals surface area contributed by atoms with Gasteiger partial charge in [-0.2, -0.15) is 5.26 Å². The molecule has 0 radical (unpaired) electrons. The highest BCUT2D eigenvalue weighted by molar-refractivity contribution is 5.74. The lowest BCUT2D eigenvalue weighted by Gasteiger charge is -2.11. The average Bonchev–Trinajstić information content (AvgIpc) is 2.55. The van der Waals surface area contributed by atoms with E-state index in [1.54, 1.807) is 0 Å². The number of nitriles is 1. The monoisotopic (exact) mass is 297 g/mol. The molecule has 0 unspecified atom stereocenters. The first-order chi connectivity index (χ1) is 11.1. The van der Waals surface area contributed by atoms with Crippen molar-refractivity contribution in [1.29, 1.82) is 5.26 Å². The van der Waals surface area contributed by atoms with Crippen LogP contribution in [0.15, 0.2) is 60.7 Å². The number of hydrogen-bond donors (Lipinski definition) is 0. The second-order valence-corrected chi connectivity index (χ2v) is 6.04. The molecule has 0 bridgehead atoms. The summed E-state index contributed by atoms with van der Waals surface area (Å²) in [5, 5.41) is 9.07. The maximum absolute atomic E-state index is 9.07. The predicted octanol–water partition coefficient (Wildman–Crippen LogP) is 5.82. The Kier molecular flexibility index (Phi) is 4.00. The minimum absolute atomic E-state index is 0.739. The molecular weight excluding hydrogens is 278 g/mol. The summed E-state index contributed by atoms with van der Waals surface area (Å²) < 4.78 is 0. The highest BCUT2D eigenvalue weighted by Crippen LogP contribution is 2.29. The fourth-order valence-corrected chi connectivity index (χ4v) is 2.87. The maximum atomic E-state index is 9.07. The van der Waals surface area contributed by atoms with Crippen LogP contribution in [0, 0.1) is 32.1 Å². The van der Waals surface area contributed by atoms with Crippen LogP contribution in [0.5, 0.6) is 0 Å². The van der Waals surface area contributed by atoms with Crippen molar-refractivity contribution >= 4 is 0 Å². The predicted molar refractivity (Wildman–Crippen MR) is 96.2 cm³/mol. The SMILES string of the molecule is Cc1ccc(-c2ccc(-c3ccc(C#N)c(C)c3)c(C)c2)cc1. The summed E-state index contributed by atoms with van der Waals surface area (Å²) in [5.41, 5.74) is 9.12. The zero-order valence-corrected chi connectivity index (χ0v) is 13.7. The largest absolute Gasteiger partial charge is 0.192 e. The van der Waals surface area contributed by atoms with Crippen molar-refractivity contribution in [1.82, 2.24) is 0 Å². The number of rotatable bonds is 2. The minimum Gasteiger partial charge on any atom is -0.192 e. The molecule has 0 aliphatic carbocycles. The molecule has 0 saturated heterocycles. The summed E-state index contributed by atoms with van der Waals surface area (Å²) in [6, 6.07) is 23.4. The summed E-state index contributed by atoms with van der Waals surface area (Å²) in [6.45, 7) is 6.23. The smallest absolute Gasteiger partial charge is 0.0994 e. The molecule has 0 N–H and O–H groups in total. The summed E-state index contributed by atoms with van der Waals surface area (Å²) in [6.07, 6.45) is 0. The second kappa shape index (κ2) is 6.10. The molecule has 0 spiro atoms. The van der Waals surface area contributed by atoms with E-state index in [2.05, 4.69) is 68.4 Å². The summed E-state index contributed by atoms with van der Waals surface area (Å²) in [7, 11) is 0. The number of hydrogen-bond acceptors (Lipinski definition) is 1. The van der Waals surface area contributed by atoms with E-state index in [1.807, 2.05) is 19.1 Å². The van der Waals surface area contributed by atoms with Crippen LogP contribution < -0.4 is 0 Å². The van der Waals surface area contributed by atoms with Crippen molar-refractivity contribution in [2.24, 2.45) is 0 Å². The first-order valence-corrected chi connectivity index (χ1v) is 7.77. The van der Waals surface area contributed by atoms with Gasteiger partial charge in [0.15, 0.2) is 0 Å². The van der Waals surface area contributed by atoms with Crippen molar-refractivity contribution in [3.63, 3.8) is 0 Å². The molecule has 0 fully saturated rings. The molecule has 0 heterocycles. The molecule has 1 heteroatoms. The topological polar surface area (TPSA) is 23.8 Å². The molecule has 0 aliphatic heterocycles. The van der Waals surface area contributed by atoms with Gasteiger partial charge < -0.3 is 0 Å². The van der Waals surface area contributed by atoms with Gasteiger partial charge in [-0.25, -0.2) is 0 Å². The van der Waals surface area contributed by atoms with E-state index in [4.69, 9.17) is 5.26 Å². The van der Waals surface area contributed by atoms with Crippen molar-refractivity contribution < 1.29 is 0 Å². The van der Waals surface area contributed by atoms with Gasteiger partial charge in [0, 0.05) is 0 Å². The standard InChI is InChI=1S/C22H19N/c1-15-4-6-18(7-5-15)19-10-11-22(17(3)13-19)20-8-9-21(14-23)16(2)12-20/h4-13H,1-3H3. The Morgan fingerprint density at radius 1 is 0.652 bits per heavy atom. The van der Waals surface area contributed by atoms with E-state index in [0.29, 0.717) is 0 Å². The van der Waals surface area contributed by atoms with E-state index in [-0.39, 0.29) is 0 Å². The number of aryl methyl sites for hydroxylation is 3. The molecule has 0 atom stereocenters. The third-order valence-corrected chi connectivity index (χ3v) is 4.27. The number of nitrogens with zero attached hydrogens (tertiary/aromatic N) is 1. The zero-order valence-electron chi connectivity index (χ0n) is 13.7. The zero-order chi connectivity index (χ0) is 16.4. The lowest BCUT2D eigenvalue weighted by molar-refractivity contribution is 1.38. The Hall–Kier alpha value is -2.85. The van der Waals surface area contributed by atoms with E-state index in [1.165, 1.54) is 27.8 Å². The highest BCUT2D eigenvalue weighted by atomic mass is 14.2. The van der Waals surface area contributed by atoms with E-state index >= 15 is 0 Å². The quantitative estimate of drug-likeness (QED) is 0.585.